The van der Waals surface area contributed by atoms with Gasteiger partial charge in [0.15, 0.2) is 0 Å². The molecule has 1 aliphatic heterocycles. The number of carbonyl (C=O) groups excluding carboxylic acids is 2. The van der Waals surface area contributed by atoms with Crippen molar-refractivity contribution in [3.05, 3.63) is 52.6 Å². The number of thiazole rings is 1. The van der Waals surface area contributed by atoms with Gasteiger partial charge in [0.05, 0.1) is 23.6 Å². The molecular formula is C36H39N3O6S. The second-order valence-corrected chi connectivity index (χ2v) is 13.8. The van der Waals surface area contributed by atoms with Crippen molar-refractivity contribution in [2.75, 3.05) is 13.6 Å². The topological polar surface area (TPSA) is 130 Å². The van der Waals surface area contributed by atoms with Gasteiger partial charge in [0, 0.05) is 48.7 Å². The van der Waals surface area contributed by atoms with Crippen molar-refractivity contribution < 1.29 is 29.3 Å². The van der Waals surface area contributed by atoms with Crippen LogP contribution in [0.4, 0.5) is 0 Å². The highest BCUT2D eigenvalue weighted by atomic mass is 32.1. The Balaban J connectivity index is 1.34. The molecule has 1 amide bonds. The standard InChI is InChI=1S/C36H39N3O6S/c1-4-24-20-46-33(37-24)29-16-31(27-12-10-22(19-40)21(2)32(27)38-29)45-25-11-13-26-28(15-25)30(41)18-36(35(43)44)17-23(36)9-7-5-6-8-14-39(3)34(26)42/h1,7,9-10,12,16,20,23,25-26,28,40H,5-6,8,11,13-15,17-19H2,2-3H3,(H,43,44)/b9-7-/t23-,25-,26+,28+,36+/m0/s1. The Morgan fingerprint density at radius 3 is 2.78 bits per heavy atom. The summed E-state index contributed by atoms with van der Waals surface area (Å²) in [7, 11) is 1.79. The number of benzene rings is 1. The molecule has 0 spiro atoms. The molecule has 3 aliphatic rings. The van der Waals surface area contributed by atoms with E-state index < -0.39 is 23.2 Å². The molecule has 1 aromatic carbocycles. The third-order valence-electron chi connectivity index (χ3n) is 10.1. The predicted octanol–water partition coefficient (Wildman–Crippen LogP) is 5.55. The lowest BCUT2D eigenvalue weighted by Gasteiger charge is -2.37. The fourth-order valence-electron chi connectivity index (χ4n) is 7.16. The molecule has 0 saturated heterocycles. The van der Waals surface area contributed by atoms with E-state index in [4.69, 9.17) is 16.1 Å². The number of Topliss-reactive ketones (excluding diaryl/α,β-unsaturated/α-hetero) is 1. The number of carbonyl (C=O) groups is 3. The van der Waals surface area contributed by atoms with Crippen LogP contribution in [0.1, 0.15) is 68.2 Å². The highest BCUT2D eigenvalue weighted by molar-refractivity contribution is 7.13. The van der Waals surface area contributed by atoms with Gasteiger partial charge in [0.1, 0.15) is 27.9 Å². The smallest absolute Gasteiger partial charge is 0.310 e. The minimum absolute atomic E-state index is 0.0574. The summed E-state index contributed by atoms with van der Waals surface area (Å²) in [5.41, 5.74) is 2.24. The van der Waals surface area contributed by atoms with Gasteiger partial charge in [-0.15, -0.1) is 17.8 Å². The van der Waals surface area contributed by atoms with Crippen LogP contribution in [0.5, 0.6) is 5.75 Å². The lowest BCUT2D eigenvalue weighted by molar-refractivity contribution is -0.148. The Kier molecular flexibility index (Phi) is 8.99. The van der Waals surface area contributed by atoms with Gasteiger partial charge in [-0.05, 0) is 80.9 Å². The molecule has 0 bridgehead atoms. The number of amides is 1. The Bertz CT molecular complexity index is 1760. The van der Waals surface area contributed by atoms with Crippen LogP contribution >= 0.6 is 11.3 Å². The van der Waals surface area contributed by atoms with Crippen LogP contribution in [0.2, 0.25) is 0 Å². The van der Waals surface area contributed by atoms with E-state index >= 15 is 0 Å². The molecule has 240 valence electrons. The molecule has 5 atom stereocenters. The summed E-state index contributed by atoms with van der Waals surface area (Å²) < 4.78 is 6.70. The number of nitrogens with zero attached hydrogens (tertiary/aromatic N) is 3. The van der Waals surface area contributed by atoms with E-state index in [0.29, 0.717) is 59.9 Å². The zero-order valence-electron chi connectivity index (χ0n) is 26.2. The summed E-state index contributed by atoms with van der Waals surface area (Å²) in [6, 6.07) is 5.56. The average molecular weight is 642 g/mol. The number of allylic oxidation sites excluding steroid dienone is 2. The quantitative estimate of drug-likeness (QED) is 0.274. The predicted molar refractivity (Wildman–Crippen MR) is 175 cm³/mol. The van der Waals surface area contributed by atoms with Gasteiger partial charge >= 0.3 is 5.97 Å². The summed E-state index contributed by atoms with van der Waals surface area (Å²) in [4.78, 5) is 51.3. The molecule has 0 radical (unpaired) electrons. The molecule has 2 fully saturated rings. The number of aryl methyl sites for hydroxylation is 1. The number of hydrogen-bond donors (Lipinski definition) is 2. The second-order valence-electron chi connectivity index (χ2n) is 13.0. The summed E-state index contributed by atoms with van der Waals surface area (Å²) >= 11 is 1.38. The molecule has 46 heavy (non-hydrogen) atoms. The Labute approximate surface area is 272 Å². The molecule has 2 N–H and O–H groups in total. The number of terminal acetylenes is 1. The molecule has 6 rings (SSSR count). The molecule has 2 aromatic heterocycles. The lowest BCUT2D eigenvalue weighted by Crippen LogP contribution is -2.45. The van der Waals surface area contributed by atoms with Gasteiger partial charge < -0.3 is 19.8 Å². The van der Waals surface area contributed by atoms with Gasteiger partial charge in [-0.1, -0.05) is 18.2 Å². The third-order valence-corrected chi connectivity index (χ3v) is 10.9. The molecule has 3 aromatic rings. The zero-order valence-corrected chi connectivity index (χ0v) is 27.0. The molecule has 3 heterocycles. The normalized spacial score (nSPS) is 27.7. The fraction of sp³-hybridized carbons (Fsp3) is 0.472. The molecular weight excluding hydrogens is 602 g/mol. The first-order chi connectivity index (χ1) is 22.1. The monoisotopic (exact) mass is 641 g/mol. The first-order valence-corrected chi connectivity index (χ1v) is 16.8. The maximum absolute atomic E-state index is 14.0. The van der Waals surface area contributed by atoms with Crippen molar-refractivity contribution in [1.82, 2.24) is 14.9 Å². The number of ketones is 1. The highest BCUT2D eigenvalue weighted by Gasteiger charge is 2.60. The largest absolute Gasteiger partial charge is 0.490 e. The van der Waals surface area contributed by atoms with Gasteiger partial charge in [0.2, 0.25) is 5.91 Å². The van der Waals surface area contributed by atoms with E-state index in [9.17, 15) is 24.6 Å². The minimum atomic E-state index is -1.10. The minimum Gasteiger partial charge on any atom is -0.490 e. The van der Waals surface area contributed by atoms with Crippen LogP contribution in [0, 0.1) is 42.4 Å². The van der Waals surface area contributed by atoms with Gasteiger partial charge in [0.25, 0.3) is 0 Å². The Hall–Kier alpha value is -4.07. The summed E-state index contributed by atoms with van der Waals surface area (Å²) in [6.07, 6.45) is 13.5. The van der Waals surface area contributed by atoms with Crippen molar-refractivity contribution in [3.8, 4) is 28.8 Å². The number of aromatic nitrogens is 2. The van der Waals surface area contributed by atoms with Crippen molar-refractivity contribution >= 4 is 39.9 Å². The van der Waals surface area contributed by atoms with E-state index in [2.05, 4.69) is 10.9 Å². The number of aliphatic carboxylic acids is 1. The van der Waals surface area contributed by atoms with E-state index in [1.54, 1.807) is 17.3 Å². The van der Waals surface area contributed by atoms with E-state index in [0.717, 1.165) is 35.8 Å². The first kappa shape index (κ1) is 31.9. The SMILES string of the molecule is C#Cc1csc(-c2cc(O[C@H]3CC[C@H]4C(=O)N(C)CCCC/C=C\[C@H]5C[C@@]5(C(=O)O)CC(=O)[C@@H]4C3)c3ccc(CO)c(C)c3n2)n1. The number of carboxylic acids is 1. The van der Waals surface area contributed by atoms with Crippen LogP contribution in [-0.4, -0.2) is 62.4 Å². The zero-order chi connectivity index (χ0) is 32.6. The van der Waals surface area contributed by atoms with Crippen LogP contribution < -0.4 is 4.74 Å². The van der Waals surface area contributed by atoms with Crippen LogP contribution in [0.15, 0.2) is 35.7 Å². The number of aliphatic hydroxyl groups excluding tert-OH is 1. The summed E-state index contributed by atoms with van der Waals surface area (Å²) in [5.74, 6) is 0.605. The van der Waals surface area contributed by atoms with E-state index in [-0.39, 0.29) is 36.7 Å². The summed E-state index contributed by atoms with van der Waals surface area (Å²) in [5, 5.41) is 23.3. The van der Waals surface area contributed by atoms with Crippen LogP contribution in [-0.2, 0) is 21.0 Å². The number of hydrogen-bond acceptors (Lipinski definition) is 8. The fourth-order valence-corrected chi connectivity index (χ4v) is 7.88. The number of pyridine rings is 1. The van der Waals surface area contributed by atoms with Crippen LogP contribution in [0.25, 0.3) is 21.6 Å². The third kappa shape index (κ3) is 6.06. The van der Waals surface area contributed by atoms with Crippen LogP contribution in [0.3, 0.4) is 0 Å². The number of rotatable bonds is 5. The number of ether oxygens (including phenoxy) is 1. The molecule has 2 saturated carbocycles. The van der Waals surface area contributed by atoms with Gasteiger partial charge in [-0.2, -0.15) is 0 Å². The van der Waals surface area contributed by atoms with Crippen molar-refractivity contribution in [2.24, 2.45) is 23.2 Å². The number of fused-ring (bicyclic) bond motifs is 3. The average Bonchev–Trinajstić information content (AvgIpc) is 3.53. The molecule has 9 nitrogen and oxygen atoms in total. The van der Waals surface area contributed by atoms with Crippen molar-refractivity contribution in [1.29, 1.82) is 0 Å². The molecule has 0 unspecified atom stereocenters. The highest BCUT2D eigenvalue weighted by Crippen LogP contribution is 2.57. The van der Waals surface area contributed by atoms with E-state index in [1.807, 2.05) is 37.3 Å². The Morgan fingerprint density at radius 2 is 2.04 bits per heavy atom. The lowest BCUT2D eigenvalue weighted by atomic mass is 9.72. The second kappa shape index (κ2) is 13.0. The van der Waals surface area contributed by atoms with Crippen molar-refractivity contribution in [3.63, 3.8) is 0 Å². The van der Waals surface area contributed by atoms with Gasteiger partial charge in [-0.25, -0.2) is 9.97 Å². The van der Waals surface area contributed by atoms with Crippen molar-refractivity contribution in [2.45, 2.75) is 71.0 Å². The maximum atomic E-state index is 14.0. The maximum Gasteiger partial charge on any atom is 0.310 e. The summed E-state index contributed by atoms with van der Waals surface area (Å²) in [6.45, 7) is 2.39. The first-order valence-electron chi connectivity index (χ1n) is 16.0. The Morgan fingerprint density at radius 1 is 1.22 bits per heavy atom. The van der Waals surface area contributed by atoms with E-state index in [1.165, 1.54) is 11.3 Å². The molecule has 10 heteroatoms. The number of carboxylic acid groups (broad SMARTS) is 1. The van der Waals surface area contributed by atoms with Gasteiger partial charge in [-0.3, -0.25) is 14.4 Å². The number of aliphatic hydroxyl groups is 1. The molecule has 2 aliphatic carbocycles.